The molecule has 2 atom stereocenters. The van der Waals surface area contributed by atoms with Crippen molar-refractivity contribution in [3.05, 3.63) is 53.9 Å². The second-order valence-corrected chi connectivity index (χ2v) is 9.37. The average molecular weight is 426 g/mol. The lowest BCUT2D eigenvalue weighted by atomic mass is 10.0. The van der Waals surface area contributed by atoms with Crippen LogP contribution in [0.3, 0.4) is 0 Å². The van der Waals surface area contributed by atoms with E-state index in [2.05, 4.69) is 22.2 Å². The molecule has 2 aliphatic heterocycles. The van der Waals surface area contributed by atoms with Crippen LogP contribution in [0.5, 0.6) is 0 Å². The van der Waals surface area contributed by atoms with Crippen molar-refractivity contribution in [3.63, 3.8) is 0 Å². The van der Waals surface area contributed by atoms with Gasteiger partial charge in [-0.15, -0.1) is 12.4 Å². The molecule has 1 aromatic heterocycles. The highest BCUT2D eigenvalue weighted by molar-refractivity contribution is 7.91. The number of rotatable bonds is 5. The molecule has 0 spiro atoms. The molecule has 4 rings (SSSR count). The third kappa shape index (κ3) is 4.39. The van der Waals surface area contributed by atoms with E-state index in [-0.39, 0.29) is 47.6 Å². The third-order valence-electron chi connectivity index (χ3n) is 5.46. The molecule has 28 heavy (non-hydrogen) atoms. The highest BCUT2D eigenvalue weighted by atomic mass is 35.5. The lowest BCUT2D eigenvalue weighted by molar-refractivity contribution is 0.0321. The van der Waals surface area contributed by atoms with Gasteiger partial charge in [0.05, 0.1) is 17.5 Å². The lowest BCUT2D eigenvalue weighted by Gasteiger charge is -2.43. The lowest BCUT2D eigenvalue weighted by Crippen LogP contribution is -2.60. The molecular weight excluding hydrogens is 402 g/mol. The van der Waals surface area contributed by atoms with Crippen molar-refractivity contribution in [2.24, 2.45) is 0 Å². The number of halogens is 1. The highest BCUT2D eigenvalue weighted by Gasteiger charge is 2.48. The number of hydrogen-bond acceptors (Lipinski definition) is 6. The summed E-state index contributed by atoms with van der Waals surface area (Å²) in [4.78, 5) is 16.6. The predicted molar refractivity (Wildman–Crippen MR) is 107 cm³/mol. The zero-order valence-electron chi connectivity index (χ0n) is 15.4. The summed E-state index contributed by atoms with van der Waals surface area (Å²) < 4.78 is 29.4. The highest BCUT2D eigenvalue weighted by Crippen LogP contribution is 2.28. The molecule has 2 aliphatic rings. The van der Waals surface area contributed by atoms with Crippen LogP contribution in [-0.2, 0) is 16.3 Å². The number of nitrogens with zero attached hydrogens (tertiary/aromatic N) is 3. The number of amides is 1. The first-order valence-electron chi connectivity index (χ1n) is 9.23. The minimum atomic E-state index is -3.15. The van der Waals surface area contributed by atoms with Crippen molar-refractivity contribution in [2.75, 3.05) is 31.1 Å². The van der Waals surface area contributed by atoms with Crippen molar-refractivity contribution in [2.45, 2.75) is 24.9 Å². The first-order valence-corrected chi connectivity index (χ1v) is 11.1. The Kier molecular flexibility index (Phi) is 6.42. The molecule has 152 valence electrons. The van der Waals surface area contributed by atoms with Gasteiger partial charge in [-0.2, -0.15) is 0 Å². The van der Waals surface area contributed by atoms with E-state index in [4.69, 9.17) is 4.52 Å². The van der Waals surface area contributed by atoms with Crippen molar-refractivity contribution < 1.29 is 17.7 Å². The normalized spacial score (nSPS) is 23.8. The van der Waals surface area contributed by atoms with E-state index in [0.29, 0.717) is 13.1 Å². The number of carbonyl (C=O) groups excluding carboxylic acids is 1. The molecule has 0 saturated carbocycles. The van der Waals surface area contributed by atoms with E-state index in [1.807, 2.05) is 18.2 Å². The fourth-order valence-electron chi connectivity index (χ4n) is 4.16. The van der Waals surface area contributed by atoms with Gasteiger partial charge in [-0.3, -0.25) is 9.69 Å². The summed E-state index contributed by atoms with van der Waals surface area (Å²) in [7, 11) is -3.15. The Morgan fingerprint density at radius 1 is 1.11 bits per heavy atom. The van der Waals surface area contributed by atoms with Crippen LogP contribution in [0.2, 0.25) is 0 Å². The molecule has 2 saturated heterocycles. The van der Waals surface area contributed by atoms with Gasteiger partial charge in [0.2, 0.25) is 0 Å². The van der Waals surface area contributed by atoms with E-state index in [1.165, 1.54) is 17.9 Å². The maximum atomic E-state index is 12.7. The predicted octanol–water partition coefficient (Wildman–Crippen LogP) is 1.65. The van der Waals surface area contributed by atoms with Gasteiger partial charge in [-0.25, -0.2) is 8.42 Å². The van der Waals surface area contributed by atoms with Crippen LogP contribution in [0.1, 0.15) is 22.5 Å². The Morgan fingerprint density at radius 3 is 2.57 bits per heavy atom. The van der Waals surface area contributed by atoms with Crippen LogP contribution in [0.4, 0.5) is 0 Å². The van der Waals surface area contributed by atoms with Crippen LogP contribution in [0, 0.1) is 0 Å². The van der Waals surface area contributed by atoms with Gasteiger partial charge in [0.15, 0.2) is 15.5 Å². The summed E-state index contributed by atoms with van der Waals surface area (Å²) in [6.07, 6.45) is 3.28. The minimum Gasteiger partial charge on any atom is -0.364 e. The van der Waals surface area contributed by atoms with Crippen molar-refractivity contribution in [1.82, 2.24) is 15.0 Å². The molecule has 3 heterocycles. The number of benzene rings is 1. The monoisotopic (exact) mass is 425 g/mol. The summed E-state index contributed by atoms with van der Waals surface area (Å²) >= 11 is 0. The molecule has 2 fully saturated rings. The number of piperazine rings is 1. The van der Waals surface area contributed by atoms with E-state index < -0.39 is 9.84 Å². The molecule has 0 N–H and O–H groups in total. The van der Waals surface area contributed by atoms with Gasteiger partial charge in [0.1, 0.15) is 6.26 Å². The Bertz CT molecular complexity index is 889. The Hall–Kier alpha value is -1.90. The second-order valence-electron chi connectivity index (χ2n) is 7.22. The number of carbonyl (C=O) groups is 1. The summed E-state index contributed by atoms with van der Waals surface area (Å²) in [6, 6.07) is 11.3. The van der Waals surface area contributed by atoms with Gasteiger partial charge in [0.25, 0.3) is 5.91 Å². The molecule has 0 unspecified atom stereocenters. The maximum Gasteiger partial charge on any atom is 0.276 e. The summed E-state index contributed by atoms with van der Waals surface area (Å²) in [5.74, 6) is -0.109. The van der Waals surface area contributed by atoms with Crippen LogP contribution in [0.25, 0.3) is 0 Å². The zero-order valence-corrected chi connectivity index (χ0v) is 17.1. The van der Waals surface area contributed by atoms with Crippen molar-refractivity contribution in [1.29, 1.82) is 0 Å². The first-order chi connectivity index (χ1) is 13.0. The topological polar surface area (TPSA) is 83.7 Å². The molecule has 0 aliphatic carbocycles. The molecular formula is C19H24ClN3O4S. The van der Waals surface area contributed by atoms with E-state index >= 15 is 0 Å². The summed E-state index contributed by atoms with van der Waals surface area (Å²) in [5.41, 5.74) is 1.52. The molecule has 0 radical (unpaired) electrons. The number of sulfone groups is 1. The Labute approximate surface area is 171 Å². The first kappa shape index (κ1) is 20.8. The Morgan fingerprint density at radius 2 is 1.86 bits per heavy atom. The number of aromatic nitrogens is 1. The van der Waals surface area contributed by atoms with Gasteiger partial charge in [-0.1, -0.05) is 35.5 Å². The van der Waals surface area contributed by atoms with Crippen LogP contribution in [-0.4, -0.2) is 72.5 Å². The molecule has 1 amide bonds. The molecule has 2 aromatic rings. The summed E-state index contributed by atoms with van der Waals surface area (Å²) in [5, 5.41) is 3.71. The van der Waals surface area contributed by atoms with Crippen LogP contribution < -0.4 is 0 Å². The number of hydrogen-bond donors (Lipinski definition) is 0. The average Bonchev–Trinajstić information content (AvgIpc) is 3.29. The fourth-order valence-corrected chi connectivity index (χ4v) is 6.17. The molecule has 0 bridgehead atoms. The second kappa shape index (κ2) is 8.63. The van der Waals surface area contributed by atoms with Crippen molar-refractivity contribution in [3.8, 4) is 0 Å². The van der Waals surface area contributed by atoms with Crippen molar-refractivity contribution >= 4 is 28.2 Å². The SMILES string of the molecule is Cl.O=C(c1ccon1)N1CCN(CCCc2ccccc2)[C@@H]2CS(=O)(=O)C[C@@H]21. The van der Waals surface area contributed by atoms with Gasteiger partial charge in [-0.05, 0) is 24.9 Å². The standard InChI is InChI=1S/C19H23N3O4S.ClH/c23-19(16-8-12-26-20-16)22-11-10-21(17-13-27(24,25)14-18(17)22)9-4-7-15-5-2-1-3-6-15;/h1-3,5-6,8,12,17-18H,4,7,9-11,13-14H2;1H/t17-,18+;/m1./s1. The molecule has 9 heteroatoms. The van der Waals surface area contributed by atoms with E-state index in [1.54, 1.807) is 4.90 Å². The quantitative estimate of drug-likeness (QED) is 0.724. The minimum absolute atomic E-state index is 0. The molecule has 1 aromatic carbocycles. The van der Waals surface area contributed by atoms with E-state index in [9.17, 15) is 13.2 Å². The fraction of sp³-hybridized carbons (Fsp3) is 0.474. The maximum absolute atomic E-state index is 12.7. The van der Waals surface area contributed by atoms with Gasteiger partial charge >= 0.3 is 0 Å². The zero-order chi connectivity index (χ0) is 18.9. The van der Waals surface area contributed by atoms with Crippen LogP contribution >= 0.6 is 12.4 Å². The van der Waals surface area contributed by atoms with Gasteiger partial charge in [0, 0.05) is 25.2 Å². The van der Waals surface area contributed by atoms with Gasteiger partial charge < -0.3 is 9.42 Å². The third-order valence-corrected chi connectivity index (χ3v) is 7.16. The van der Waals surface area contributed by atoms with E-state index in [0.717, 1.165) is 19.4 Å². The molecule has 7 nitrogen and oxygen atoms in total. The number of aryl methyl sites for hydroxylation is 1. The summed E-state index contributed by atoms with van der Waals surface area (Å²) in [6.45, 7) is 2.01. The Balaban J connectivity index is 0.00000225. The largest absolute Gasteiger partial charge is 0.364 e. The number of fused-ring (bicyclic) bond motifs is 1. The van der Waals surface area contributed by atoms with Crippen LogP contribution in [0.15, 0.2) is 47.2 Å². The smallest absolute Gasteiger partial charge is 0.276 e.